The quantitative estimate of drug-likeness (QED) is 0.287. The summed E-state index contributed by atoms with van der Waals surface area (Å²) in [4.78, 5) is 10.5. The van der Waals surface area contributed by atoms with Gasteiger partial charge >= 0.3 is 5.97 Å². The molecule has 0 spiro atoms. The average Bonchev–Trinajstić information content (AvgIpc) is 3.11. The Morgan fingerprint density at radius 2 is 2.03 bits per heavy atom. The van der Waals surface area contributed by atoms with Gasteiger partial charge in [0, 0.05) is 18.8 Å². The van der Waals surface area contributed by atoms with Gasteiger partial charge in [-0.2, -0.15) is 0 Å². The summed E-state index contributed by atoms with van der Waals surface area (Å²) in [6, 6.07) is 1.81. The van der Waals surface area contributed by atoms with Crippen LogP contribution in [0.1, 0.15) is 44.1 Å². The highest BCUT2D eigenvalue weighted by Gasteiger charge is 2.39. The number of aliphatic hydroxyl groups excluding tert-OH is 3. The van der Waals surface area contributed by atoms with Crippen molar-refractivity contribution in [3.8, 4) is 0 Å². The van der Waals surface area contributed by atoms with Crippen LogP contribution in [-0.4, -0.2) is 44.7 Å². The number of halogens is 2. The Labute approximate surface area is 185 Å². The summed E-state index contributed by atoms with van der Waals surface area (Å²) in [6.07, 6.45) is 8.80. The van der Waals surface area contributed by atoms with Gasteiger partial charge in [-0.25, -0.2) is 0 Å². The summed E-state index contributed by atoms with van der Waals surface area (Å²) in [7, 11) is 0. The Hall–Kier alpha value is -0.890. The van der Waals surface area contributed by atoms with Crippen LogP contribution in [0.15, 0.2) is 30.4 Å². The molecule has 8 heteroatoms. The number of carboxylic acids is 1. The first kappa shape index (κ1) is 24.4. The minimum atomic E-state index is -0.805. The van der Waals surface area contributed by atoms with E-state index in [1.807, 2.05) is 12.2 Å². The molecule has 1 fully saturated rings. The van der Waals surface area contributed by atoms with Crippen molar-refractivity contribution in [1.82, 2.24) is 0 Å². The fourth-order valence-electron chi connectivity index (χ4n) is 3.65. The molecule has 5 nitrogen and oxygen atoms in total. The molecule has 0 unspecified atom stereocenters. The Bertz CT molecular complexity index is 718. The molecule has 0 radical (unpaired) electrons. The van der Waals surface area contributed by atoms with Crippen molar-refractivity contribution in [2.24, 2.45) is 11.8 Å². The van der Waals surface area contributed by atoms with Crippen LogP contribution >= 0.6 is 34.5 Å². The lowest BCUT2D eigenvalue weighted by Gasteiger charge is -2.19. The molecule has 0 saturated heterocycles. The molecule has 0 aromatic carbocycles. The predicted molar refractivity (Wildman–Crippen MR) is 117 cm³/mol. The molecular formula is C21H28Cl2O5S. The van der Waals surface area contributed by atoms with Gasteiger partial charge in [-0.1, -0.05) is 47.5 Å². The minimum Gasteiger partial charge on any atom is -0.481 e. The van der Waals surface area contributed by atoms with Gasteiger partial charge in [0.05, 0.1) is 27.0 Å². The Kier molecular flexibility index (Phi) is 10.2. The second-order valence-corrected chi connectivity index (χ2v) is 9.73. The van der Waals surface area contributed by atoms with E-state index in [1.165, 1.54) is 11.3 Å². The molecule has 0 bridgehead atoms. The van der Waals surface area contributed by atoms with Crippen LogP contribution in [0.4, 0.5) is 0 Å². The molecule has 1 saturated carbocycles. The number of carbonyl (C=O) groups is 1. The molecule has 1 aromatic heterocycles. The molecule has 162 valence electrons. The minimum absolute atomic E-state index is 0.130. The normalized spacial score (nSPS) is 26.0. The molecule has 1 aromatic rings. The number of hydrogen-bond acceptors (Lipinski definition) is 5. The lowest BCUT2D eigenvalue weighted by molar-refractivity contribution is -0.137. The summed E-state index contributed by atoms with van der Waals surface area (Å²) in [5.74, 6) is -1.17. The molecule has 29 heavy (non-hydrogen) atoms. The SMILES string of the molecule is O=C(O)CCC/C=C\C[C@@H]1[C@@H](/C=C/[C@@H](O)CCc2cc(Cl)sc2Cl)[C@H](O)C[C@@H]1O. The van der Waals surface area contributed by atoms with Crippen LogP contribution in [-0.2, 0) is 11.2 Å². The highest BCUT2D eigenvalue weighted by atomic mass is 35.5. The standard InChI is InChI=1S/C21H28Cl2O5S/c22-19-11-13(21(23)29-19)7-8-14(24)9-10-16-15(17(25)12-18(16)26)5-3-1-2-4-6-20(27)28/h1,3,9-11,14-18,24-26H,2,4-8,12H2,(H,27,28)/b3-1-,10-9+/t14-,15+,16+,17-,18+/m0/s1. The monoisotopic (exact) mass is 462 g/mol. The van der Waals surface area contributed by atoms with E-state index in [0.29, 0.717) is 47.2 Å². The van der Waals surface area contributed by atoms with E-state index in [9.17, 15) is 20.1 Å². The number of rotatable bonds is 11. The maximum Gasteiger partial charge on any atom is 0.303 e. The zero-order valence-corrected chi connectivity index (χ0v) is 18.4. The van der Waals surface area contributed by atoms with Crippen LogP contribution in [0.2, 0.25) is 8.67 Å². The third kappa shape index (κ3) is 8.04. The number of aliphatic hydroxyl groups is 3. The van der Waals surface area contributed by atoms with Gasteiger partial charge in [0.2, 0.25) is 0 Å². The second-order valence-electron chi connectivity index (χ2n) is 7.45. The number of hydrogen-bond donors (Lipinski definition) is 4. The Morgan fingerprint density at radius 3 is 2.69 bits per heavy atom. The molecule has 0 aliphatic heterocycles. The summed E-state index contributed by atoms with van der Waals surface area (Å²) in [5, 5.41) is 39.4. The van der Waals surface area contributed by atoms with Crippen molar-refractivity contribution in [3.05, 3.63) is 44.6 Å². The van der Waals surface area contributed by atoms with E-state index in [1.54, 1.807) is 18.2 Å². The zero-order valence-electron chi connectivity index (χ0n) is 16.1. The van der Waals surface area contributed by atoms with Gasteiger partial charge in [0.15, 0.2) is 0 Å². The van der Waals surface area contributed by atoms with E-state index >= 15 is 0 Å². The van der Waals surface area contributed by atoms with Gasteiger partial charge in [-0.15, -0.1) is 11.3 Å². The second kappa shape index (κ2) is 12.1. The highest BCUT2D eigenvalue weighted by Crippen LogP contribution is 2.36. The average molecular weight is 463 g/mol. The molecule has 5 atom stereocenters. The Morgan fingerprint density at radius 1 is 1.28 bits per heavy atom. The number of aliphatic carboxylic acids is 1. The van der Waals surface area contributed by atoms with Crippen molar-refractivity contribution in [2.45, 2.75) is 63.3 Å². The maximum atomic E-state index is 10.5. The fraction of sp³-hybridized carbons (Fsp3) is 0.571. The van der Waals surface area contributed by atoms with Gasteiger partial charge < -0.3 is 20.4 Å². The van der Waals surface area contributed by atoms with Crippen LogP contribution in [0.5, 0.6) is 0 Å². The number of unbranched alkanes of at least 4 members (excludes halogenated alkanes) is 1. The third-order valence-electron chi connectivity index (χ3n) is 5.24. The van der Waals surface area contributed by atoms with Gasteiger partial charge in [0.1, 0.15) is 0 Å². The predicted octanol–water partition coefficient (Wildman–Crippen LogP) is 4.46. The molecular weight excluding hydrogens is 435 g/mol. The van der Waals surface area contributed by atoms with Gasteiger partial charge in [0.25, 0.3) is 0 Å². The summed E-state index contributed by atoms with van der Waals surface area (Å²) in [6.45, 7) is 0. The molecule has 1 aliphatic rings. The van der Waals surface area contributed by atoms with Crippen LogP contribution < -0.4 is 0 Å². The van der Waals surface area contributed by atoms with E-state index in [2.05, 4.69) is 0 Å². The Balaban J connectivity index is 1.84. The molecule has 1 aliphatic carbocycles. The smallest absolute Gasteiger partial charge is 0.303 e. The van der Waals surface area contributed by atoms with Crippen molar-refractivity contribution in [2.75, 3.05) is 0 Å². The summed E-state index contributed by atoms with van der Waals surface area (Å²) >= 11 is 13.3. The van der Waals surface area contributed by atoms with Crippen molar-refractivity contribution in [1.29, 1.82) is 0 Å². The van der Waals surface area contributed by atoms with E-state index < -0.39 is 24.3 Å². The van der Waals surface area contributed by atoms with Gasteiger partial charge in [-0.3, -0.25) is 4.79 Å². The topological polar surface area (TPSA) is 98.0 Å². The zero-order chi connectivity index (χ0) is 21.4. The fourth-order valence-corrected chi connectivity index (χ4v) is 5.19. The molecule has 4 N–H and O–H groups in total. The summed E-state index contributed by atoms with van der Waals surface area (Å²) in [5.41, 5.74) is 0.913. The first-order valence-electron chi connectivity index (χ1n) is 9.81. The largest absolute Gasteiger partial charge is 0.481 e. The lowest BCUT2D eigenvalue weighted by Crippen LogP contribution is -2.20. The van der Waals surface area contributed by atoms with Crippen LogP contribution in [0.3, 0.4) is 0 Å². The van der Waals surface area contributed by atoms with Gasteiger partial charge in [-0.05, 0) is 49.7 Å². The number of thiophene rings is 1. The molecule has 2 rings (SSSR count). The van der Waals surface area contributed by atoms with E-state index in [-0.39, 0.29) is 18.3 Å². The lowest BCUT2D eigenvalue weighted by atomic mass is 9.89. The first-order chi connectivity index (χ1) is 13.8. The van der Waals surface area contributed by atoms with Crippen molar-refractivity contribution < 1.29 is 25.2 Å². The van der Waals surface area contributed by atoms with E-state index in [4.69, 9.17) is 28.3 Å². The van der Waals surface area contributed by atoms with Crippen molar-refractivity contribution >= 4 is 40.5 Å². The number of aryl methyl sites for hydroxylation is 1. The van der Waals surface area contributed by atoms with Crippen LogP contribution in [0, 0.1) is 11.8 Å². The van der Waals surface area contributed by atoms with Crippen LogP contribution in [0.25, 0.3) is 0 Å². The number of allylic oxidation sites excluding steroid dienone is 2. The molecule has 0 amide bonds. The van der Waals surface area contributed by atoms with E-state index in [0.717, 1.165) is 5.56 Å². The highest BCUT2D eigenvalue weighted by molar-refractivity contribution is 7.20. The summed E-state index contributed by atoms with van der Waals surface area (Å²) < 4.78 is 1.26. The molecule has 1 heterocycles. The third-order valence-corrected chi connectivity index (χ3v) is 6.81. The maximum absolute atomic E-state index is 10.5. The first-order valence-corrected chi connectivity index (χ1v) is 11.4. The van der Waals surface area contributed by atoms with Crippen molar-refractivity contribution in [3.63, 3.8) is 0 Å². The number of carboxylic acid groups (broad SMARTS) is 1.